The summed E-state index contributed by atoms with van der Waals surface area (Å²) < 4.78 is 1.62. The van der Waals surface area contributed by atoms with E-state index in [0.717, 1.165) is 16.1 Å². The van der Waals surface area contributed by atoms with Gasteiger partial charge in [-0.3, -0.25) is 4.79 Å². The fourth-order valence-corrected chi connectivity index (χ4v) is 3.89. The maximum atomic E-state index is 13.1. The summed E-state index contributed by atoms with van der Waals surface area (Å²) in [4.78, 5) is 14.1. The predicted octanol–water partition coefficient (Wildman–Crippen LogP) is 5.75. The van der Waals surface area contributed by atoms with Gasteiger partial charge in [-0.1, -0.05) is 60.1 Å². The third-order valence-electron chi connectivity index (χ3n) is 4.44. The van der Waals surface area contributed by atoms with Crippen LogP contribution in [0.25, 0.3) is 16.3 Å². The van der Waals surface area contributed by atoms with Crippen LogP contribution in [0.4, 0.5) is 0 Å². The monoisotopic (exact) mass is 407 g/mol. The van der Waals surface area contributed by atoms with Crippen molar-refractivity contribution in [3.8, 4) is 16.3 Å². The first-order valence-electron chi connectivity index (χ1n) is 8.88. The molecule has 0 fully saturated rings. The molecule has 140 valence electrons. The molecule has 2 heterocycles. The molecule has 1 N–H and O–H groups in total. The highest BCUT2D eigenvalue weighted by Gasteiger charge is 2.21. The zero-order chi connectivity index (χ0) is 19.5. The Bertz CT molecular complexity index is 1090. The number of halogens is 1. The number of rotatable bonds is 5. The zero-order valence-electron chi connectivity index (χ0n) is 15.2. The smallest absolute Gasteiger partial charge is 0.270 e. The first-order chi connectivity index (χ1) is 13.6. The molecule has 0 aliphatic carbocycles. The minimum absolute atomic E-state index is 0.131. The molecule has 4 aromatic rings. The molecule has 0 bridgehead atoms. The maximum Gasteiger partial charge on any atom is 0.270 e. The molecule has 2 aromatic heterocycles. The highest BCUT2D eigenvalue weighted by atomic mass is 35.5. The van der Waals surface area contributed by atoms with Crippen molar-refractivity contribution in [1.29, 1.82) is 0 Å². The van der Waals surface area contributed by atoms with Gasteiger partial charge in [-0.05, 0) is 42.1 Å². The van der Waals surface area contributed by atoms with Crippen LogP contribution in [0.3, 0.4) is 0 Å². The number of nitrogens with zero attached hydrogens (tertiary/aromatic N) is 2. The van der Waals surface area contributed by atoms with Crippen molar-refractivity contribution in [2.45, 2.75) is 13.0 Å². The van der Waals surface area contributed by atoms with Gasteiger partial charge in [0.1, 0.15) is 11.4 Å². The summed E-state index contributed by atoms with van der Waals surface area (Å²) in [6, 6.07) is 22.9. The van der Waals surface area contributed by atoms with E-state index in [-0.39, 0.29) is 11.9 Å². The number of thiophene rings is 1. The molecule has 0 saturated heterocycles. The van der Waals surface area contributed by atoms with Gasteiger partial charge in [0.05, 0.1) is 21.6 Å². The SMILES string of the molecule is CC(NC(=O)c1cc(-c2cccs2)nn1-c1ccccc1Cl)c1ccccc1. The van der Waals surface area contributed by atoms with E-state index in [1.807, 2.05) is 79.0 Å². The van der Waals surface area contributed by atoms with Crippen molar-refractivity contribution < 1.29 is 4.79 Å². The Morgan fingerprint density at radius 2 is 1.82 bits per heavy atom. The van der Waals surface area contributed by atoms with Crippen LogP contribution in [0, 0.1) is 0 Å². The van der Waals surface area contributed by atoms with Crippen LogP contribution in [0.5, 0.6) is 0 Å². The second-order valence-electron chi connectivity index (χ2n) is 6.36. The summed E-state index contributed by atoms with van der Waals surface area (Å²) in [5.41, 5.74) is 2.90. The van der Waals surface area contributed by atoms with Crippen LogP contribution < -0.4 is 5.32 Å². The lowest BCUT2D eigenvalue weighted by Crippen LogP contribution is -2.28. The highest BCUT2D eigenvalue weighted by molar-refractivity contribution is 7.13. The number of carbonyl (C=O) groups excluding carboxylic acids is 1. The molecule has 6 heteroatoms. The van der Waals surface area contributed by atoms with E-state index < -0.39 is 0 Å². The summed E-state index contributed by atoms with van der Waals surface area (Å²) in [6.45, 7) is 1.96. The number of hydrogen-bond donors (Lipinski definition) is 1. The number of benzene rings is 2. The maximum absolute atomic E-state index is 13.1. The number of amides is 1. The quantitative estimate of drug-likeness (QED) is 0.458. The van der Waals surface area contributed by atoms with Crippen LogP contribution in [0.2, 0.25) is 5.02 Å². The Balaban J connectivity index is 1.72. The van der Waals surface area contributed by atoms with E-state index in [2.05, 4.69) is 10.4 Å². The Morgan fingerprint density at radius 3 is 2.54 bits per heavy atom. The third kappa shape index (κ3) is 3.72. The van der Waals surface area contributed by atoms with Crippen molar-refractivity contribution >= 4 is 28.8 Å². The lowest BCUT2D eigenvalue weighted by Gasteiger charge is -2.15. The molecule has 1 atom stereocenters. The van der Waals surface area contributed by atoms with Gasteiger partial charge in [0.2, 0.25) is 0 Å². The van der Waals surface area contributed by atoms with Gasteiger partial charge in [-0.25, -0.2) is 4.68 Å². The molecule has 4 nitrogen and oxygen atoms in total. The first kappa shape index (κ1) is 18.5. The molecule has 1 unspecified atom stereocenters. The van der Waals surface area contributed by atoms with Crippen molar-refractivity contribution in [3.63, 3.8) is 0 Å². The number of hydrogen-bond acceptors (Lipinski definition) is 3. The second kappa shape index (κ2) is 8.00. The number of nitrogens with one attached hydrogen (secondary N) is 1. The third-order valence-corrected chi connectivity index (χ3v) is 5.66. The summed E-state index contributed by atoms with van der Waals surface area (Å²) in [6.07, 6.45) is 0. The van der Waals surface area contributed by atoms with Gasteiger partial charge >= 0.3 is 0 Å². The molecule has 0 saturated carbocycles. The Hall–Kier alpha value is -2.89. The Kier molecular flexibility index (Phi) is 5.28. The lowest BCUT2D eigenvalue weighted by molar-refractivity contribution is 0.0932. The first-order valence-corrected chi connectivity index (χ1v) is 10.1. The summed E-state index contributed by atoms with van der Waals surface area (Å²) >= 11 is 7.96. The minimum Gasteiger partial charge on any atom is -0.344 e. The van der Waals surface area contributed by atoms with E-state index >= 15 is 0 Å². The molecule has 0 aliphatic heterocycles. The molecule has 2 aromatic carbocycles. The summed E-state index contributed by atoms with van der Waals surface area (Å²) in [7, 11) is 0. The van der Waals surface area contributed by atoms with Crippen LogP contribution in [0.15, 0.2) is 78.2 Å². The van der Waals surface area contributed by atoms with Crippen LogP contribution in [0.1, 0.15) is 29.0 Å². The molecule has 0 aliphatic rings. The highest BCUT2D eigenvalue weighted by Crippen LogP contribution is 2.28. The standard InChI is InChI=1S/C22H18ClN3OS/c1-15(16-8-3-2-4-9-16)24-22(27)20-14-18(21-12-7-13-28-21)25-26(20)19-11-6-5-10-17(19)23/h2-15H,1H3,(H,24,27). The van der Waals surface area contributed by atoms with E-state index in [0.29, 0.717) is 16.4 Å². The van der Waals surface area contributed by atoms with Gasteiger partial charge in [0, 0.05) is 0 Å². The summed E-state index contributed by atoms with van der Waals surface area (Å²) in [5.74, 6) is -0.202. The number of para-hydroxylation sites is 1. The van der Waals surface area contributed by atoms with E-state index in [1.165, 1.54) is 0 Å². The minimum atomic E-state index is -0.202. The molecule has 4 rings (SSSR count). The molecular weight excluding hydrogens is 390 g/mol. The number of carbonyl (C=O) groups is 1. The zero-order valence-corrected chi connectivity index (χ0v) is 16.7. The van der Waals surface area contributed by atoms with Crippen molar-refractivity contribution in [3.05, 3.63) is 94.5 Å². The molecule has 0 spiro atoms. The van der Waals surface area contributed by atoms with Gasteiger partial charge in [-0.2, -0.15) is 5.10 Å². The fraction of sp³-hybridized carbons (Fsp3) is 0.0909. The van der Waals surface area contributed by atoms with Gasteiger partial charge in [0.15, 0.2) is 0 Å². The lowest BCUT2D eigenvalue weighted by atomic mass is 10.1. The average molecular weight is 408 g/mol. The Labute approximate surface area is 172 Å². The van der Waals surface area contributed by atoms with Crippen molar-refractivity contribution in [2.75, 3.05) is 0 Å². The van der Waals surface area contributed by atoms with Crippen molar-refractivity contribution in [1.82, 2.24) is 15.1 Å². The van der Waals surface area contributed by atoms with Crippen molar-refractivity contribution in [2.24, 2.45) is 0 Å². The van der Waals surface area contributed by atoms with Crippen LogP contribution >= 0.6 is 22.9 Å². The second-order valence-corrected chi connectivity index (χ2v) is 7.72. The average Bonchev–Trinajstić information content (AvgIpc) is 3.39. The topological polar surface area (TPSA) is 46.9 Å². The molecule has 28 heavy (non-hydrogen) atoms. The van der Waals surface area contributed by atoms with E-state index in [1.54, 1.807) is 22.1 Å². The van der Waals surface area contributed by atoms with E-state index in [9.17, 15) is 4.79 Å². The van der Waals surface area contributed by atoms with Gasteiger partial charge < -0.3 is 5.32 Å². The van der Waals surface area contributed by atoms with Gasteiger partial charge in [0.25, 0.3) is 5.91 Å². The molecule has 1 amide bonds. The van der Waals surface area contributed by atoms with E-state index in [4.69, 9.17) is 11.6 Å². The largest absolute Gasteiger partial charge is 0.344 e. The van der Waals surface area contributed by atoms with Crippen LogP contribution in [-0.4, -0.2) is 15.7 Å². The molecular formula is C22H18ClN3OS. The van der Waals surface area contributed by atoms with Crippen LogP contribution in [-0.2, 0) is 0 Å². The fourth-order valence-electron chi connectivity index (χ4n) is 2.99. The normalized spacial score (nSPS) is 11.9. The number of aromatic nitrogens is 2. The van der Waals surface area contributed by atoms with Gasteiger partial charge in [-0.15, -0.1) is 11.3 Å². The predicted molar refractivity (Wildman–Crippen MR) is 114 cm³/mol. The Morgan fingerprint density at radius 1 is 1.07 bits per heavy atom. The summed E-state index contributed by atoms with van der Waals surface area (Å²) in [5, 5.41) is 10.3. The molecule has 0 radical (unpaired) electrons.